The number of ether oxygens (including phenoxy) is 2. The molecule has 0 N–H and O–H groups in total. The number of amides is 1. The highest BCUT2D eigenvalue weighted by molar-refractivity contribution is 7.10. The second kappa shape index (κ2) is 15.4. The van der Waals surface area contributed by atoms with Gasteiger partial charge in [-0.1, -0.05) is 31.7 Å². The number of nitrogens with zero attached hydrogens (tertiary/aromatic N) is 4. The lowest BCUT2D eigenvalue weighted by Crippen LogP contribution is -2.36. The molecule has 1 saturated heterocycles. The Hall–Kier alpha value is -3.95. The van der Waals surface area contributed by atoms with Gasteiger partial charge in [0.15, 0.2) is 5.78 Å². The minimum absolute atomic E-state index is 0.0212. The monoisotopic (exact) mass is 630 g/mol. The number of likely N-dealkylation sites (tertiary alicyclic amines) is 1. The van der Waals surface area contributed by atoms with Crippen LogP contribution in [0.5, 0.6) is 5.75 Å². The number of hydrogen-bond acceptors (Lipinski definition) is 7. The number of likely N-dealkylation sites (N-methyl/N-ethyl adjacent to an activating group) is 1. The smallest absolute Gasteiger partial charge is 0.272 e. The SMILES string of the molecule is C=COC(C)(C)C.CC(=O)c1csc2c1CCN(C(=O)c1cnc3ccccn13)C2.CCc1cccc(OC2CCN(C)C2)c1. The van der Waals surface area contributed by atoms with Crippen molar-refractivity contribution in [3.63, 3.8) is 0 Å². The van der Waals surface area contributed by atoms with E-state index in [1.54, 1.807) is 24.5 Å². The lowest BCUT2D eigenvalue weighted by molar-refractivity contribution is 0.0729. The number of carbonyl (C=O) groups is 2. The van der Waals surface area contributed by atoms with Crippen molar-refractivity contribution in [2.45, 2.75) is 72.1 Å². The van der Waals surface area contributed by atoms with Crippen molar-refractivity contribution in [1.82, 2.24) is 19.2 Å². The molecule has 6 rings (SSSR count). The van der Waals surface area contributed by atoms with Crippen LogP contribution in [0.15, 0.2) is 73.1 Å². The first-order valence-electron chi connectivity index (χ1n) is 15.5. The number of pyridine rings is 1. The van der Waals surface area contributed by atoms with Gasteiger partial charge in [0, 0.05) is 41.7 Å². The van der Waals surface area contributed by atoms with Crippen LogP contribution in [0.4, 0.5) is 0 Å². The number of thiophene rings is 1. The zero-order chi connectivity index (χ0) is 32.6. The van der Waals surface area contributed by atoms with E-state index in [4.69, 9.17) is 9.47 Å². The molecule has 2 aliphatic heterocycles. The molecule has 1 aromatic carbocycles. The largest absolute Gasteiger partial charge is 0.496 e. The zero-order valence-electron chi connectivity index (χ0n) is 27.4. The Morgan fingerprint density at radius 2 is 1.96 bits per heavy atom. The fourth-order valence-corrected chi connectivity index (χ4v) is 6.47. The van der Waals surface area contributed by atoms with Gasteiger partial charge < -0.3 is 19.3 Å². The van der Waals surface area contributed by atoms with Crippen LogP contribution in [0.1, 0.15) is 77.9 Å². The third-order valence-corrected chi connectivity index (χ3v) is 8.66. The minimum atomic E-state index is -0.0677. The summed E-state index contributed by atoms with van der Waals surface area (Å²) in [4.78, 5) is 34.0. The molecule has 0 saturated carbocycles. The van der Waals surface area contributed by atoms with Gasteiger partial charge in [-0.3, -0.25) is 14.0 Å². The number of benzene rings is 1. The lowest BCUT2D eigenvalue weighted by atomic mass is 10.0. The van der Waals surface area contributed by atoms with Crippen LogP contribution in [0, 0.1) is 0 Å². The summed E-state index contributed by atoms with van der Waals surface area (Å²) in [6.07, 6.45) is 8.26. The third kappa shape index (κ3) is 9.28. The Bertz CT molecular complexity index is 1600. The van der Waals surface area contributed by atoms with Gasteiger partial charge >= 0.3 is 0 Å². The first-order valence-corrected chi connectivity index (χ1v) is 16.4. The number of aryl methyl sites for hydroxylation is 1. The molecule has 5 heterocycles. The minimum Gasteiger partial charge on any atom is -0.496 e. The van der Waals surface area contributed by atoms with Crippen LogP contribution < -0.4 is 4.74 Å². The van der Waals surface area contributed by atoms with Crippen molar-refractivity contribution in [3.8, 4) is 5.75 Å². The van der Waals surface area contributed by atoms with Crippen molar-refractivity contribution in [3.05, 3.63) is 100 Å². The average Bonchev–Trinajstić information content (AvgIpc) is 3.75. The van der Waals surface area contributed by atoms with E-state index < -0.39 is 0 Å². The van der Waals surface area contributed by atoms with Gasteiger partial charge in [-0.05, 0) is 89.4 Å². The van der Waals surface area contributed by atoms with Gasteiger partial charge in [0.25, 0.3) is 5.91 Å². The Kier molecular flexibility index (Phi) is 11.6. The molecular weight excluding hydrogens is 584 g/mol. The molecule has 1 unspecified atom stereocenters. The molecule has 3 aromatic heterocycles. The number of hydrogen-bond donors (Lipinski definition) is 0. The average molecular weight is 631 g/mol. The van der Waals surface area contributed by atoms with Crippen LogP contribution in [0.3, 0.4) is 0 Å². The van der Waals surface area contributed by atoms with Gasteiger partial charge in [-0.2, -0.15) is 0 Å². The maximum absolute atomic E-state index is 12.8. The fraction of sp³-hybridized carbons (Fsp3) is 0.417. The zero-order valence-corrected chi connectivity index (χ0v) is 28.2. The maximum atomic E-state index is 12.8. The number of carbonyl (C=O) groups excluding carboxylic acids is 2. The standard InChI is InChI=1S/C17H15N3O2S.C13H19NO.C6H12O/c1-11(21)13-10-23-15-9-19(7-5-12(13)15)17(22)14-8-18-16-4-2-3-6-20(14)16;1-3-11-5-4-6-12(9-11)15-13-7-8-14(2)10-13;1-5-7-6(2,3)4/h2-4,6,8,10H,5,7,9H2,1H3;4-6,9,13H,3,7-8,10H2,1-2H3;5H,1H2,2-4H3. The van der Waals surface area contributed by atoms with E-state index in [1.165, 1.54) is 11.8 Å². The predicted molar refractivity (Wildman–Crippen MR) is 181 cm³/mol. The van der Waals surface area contributed by atoms with E-state index in [9.17, 15) is 9.59 Å². The highest BCUT2D eigenvalue weighted by atomic mass is 32.1. The van der Waals surface area contributed by atoms with Gasteiger partial charge in [0.2, 0.25) is 0 Å². The maximum Gasteiger partial charge on any atom is 0.272 e. The second-order valence-corrected chi connectivity index (χ2v) is 13.3. The number of imidazole rings is 1. The quantitative estimate of drug-likeness (QED) is 0.168. The normalized spacial score (nSPS) is 16.1. The van der Waals surface area contributed by atoms with E-state index in [0.29, 0.717) is 24.9 Å². The van der Waals surface area contributed by atoms with Crippen molar-refractivity contribution >= 4 is 28.7 Å². The molecule has 240 valence electrons. The van der Waals surface area contributed by atoms with Crippen molar-refractivity contribution in [2.75, 3.05) is 26.7 Å². The molecule has 8 nitrogen and oxygen atoms in total. The molecule has 1 atom stereocenters. The van der Waals surface area contributed by atoms with Crippen LogP contribution in [0.2, 0.25) is 0 Å². The summed E-state index contributed by atoms with van der Waals surface area (Å²) in [7, 11) is 2.14. The van der Waals surface area contributed by atoms with Crippen molar-refractivity contribution < 1.29 is 19.1 Å². The Labute approximate surface area is 271 Å². The molecule has 0 radical (unpaired) electrons. The summed E-state index contributed by atoms with van der Waals surface area (Å²) < 4.78 is 12.8. The number of aromatic nitrogens is 2. The molecule has 9 heteroatoms. The Balaban J connectivity index is 0.000000180. The first kappa shape index (κ1) is 33.9. The van der Waals surface area contributed by atoms with Crippen LogP contribution in [0.25, 0.3) is 5.65 Å². The van der Waals surface area contributed by atoms with Crippen molar-refractivity contribution in [2.24, 2.45) is 0 Å². The van der Waals surface area contributed by atoms with Gasteiger partial charge in [-0.15, -0.1) is 11.3 Å². The topological polar surface area (TPSA) is 76.4 Å². The van der Waals surface area contributed by atoms with Crippen LogP contribution in [-0.2, 0) is 24.1 Å². The summed E-state index contributed by atoms with van der Waals surface area (Å²) in [6, 6.07) is 14.1. The Morgan fingerprint density at radius 1 is 1.16 bits per heavy atom. The van der Waals surface area contributed by atoms with Gasteiger partial charge in [-0.25, -0.2) is 4.98 Å². The summed E-state index contributed by atoms with van der Waals surface area (Å²) in [6.45, 7) is 16.5. The van der Waals surface area contributed by atoms with E-state index in [0.717, 1.165) is 59.8 Å². The predicted octanol–water partition coefficient (Wildman–Crippen LogP) is 7.07. The summed E-state index contributed by atoms with van der Waals surface area (Å²) in [5.41, 5.74) is 4.55. The summed E-state index contributed by atoms with van der Waals surface area (Å²) in [5, 5.41) is 1.91. The van der Waals surface area contributed by atoms with Gasteiger partial charge in [0.05, 0.1) is 24.6 Å². The first-order chi connectivity index (χ1) is 21.5. The molecule has 1 amide bonds. The number of Topliss-reactive ketones (excluding diaryl/α,β-unsaturated/α-hetero) is 1. The highest BCUT2D eigenvalue weighted by Gasteiger charge is 2.27. The second-order valence-electron chi connectivity index (χ2n) is 12.3. The highest BCUT2D eigenvalue weighted by Crippen LogP contribution is 2.30. The van der Waals surface area contributed by atoms with E-state index >= 15 is 0 Å². The number of rotatable bonds is 6. The number of fused-ring (bicyclic) bond motifs is 2. The van der Waals surface area contributed by atoms with Crippen LogP contribution in [-0.4, -0.2) is 69.3 Å². The molecule has 2 aliphatic rings. The summed E-state index contributed by atoms with van der Waals surface area (Å²) in [5.74, 6) is 1.10. The molecule has 1 fully saturated rings. The van der Waals surface area contributed by atoms with E-state index in [-0.39, 0.29) is 17.3 Å². The van der Waals surface area contributed by atoms with E-state index in [1.807, 2.05) is 59.8 Å². The molecule has 45 heavy (non-hydrogen) atoms. The third-order valence-electron chi connectivity index (χ3n) is 7.64. The lowest BCUT2D eigenvalue weighted by Gasteiger charge is -2.27. The molecule has 0 bridgehead atoms. The molecule has 0 spiro atoms. The summed E-state index contributed by atoms with van der Waals surface area (Å²) >= 11 is 1.57. The number of ketones is 1. The van der Waals surface area contributed by atoms with Crippen LogP contribution >= 0.6 is 11.3 Å². The molecule has 0 aliphatic carbocycles. The molecule has 4 aromatic rings. The van der Waals surface area contributed by atoms with E-state index in [2.05, 4.69) is 54.7 Å². The Morgan fingerprint density at radius 3 is 2.60 bits per heavy atom. The molecular formula is C36H46N4O4S. The fourth-order valence-electron chi connectivity index (χ4n) is 5.32. The van der Waals surface area contributed by atoms with Gasteiger partial charge in [0.1, 0.15) is 23.2 Å². The van der Waals surface area contributed by atoms with Crippen molar-refractivity contribution in [1.29, 1.82) is 0 Å².